The molecule has 4 aromatic rings. The Bertz CT molecular complexity index is 1540. The fourth-order valence-electron chi connectivity index (χ4n) is 3.89. The second-order valence-corrected chi connectivity index (χ2v) is 8.40. The maximum Gasteiger partial charge on any atom is 0.363 e. The highest BCUT2D eigenvalue weighted by Gasteiger charge is 2.24. The molecule has 0 amide bonds. The monoisotopic (exact) mass is 506 g/mol. The first-order valence-corrected chi connectivity index (χ1v) is 11.7. The van der Waals surface area contributed by atoms with E-state index in [0.717, 1.165) is 16.7 Å². The van der Waals surface area contributed by atoms with E-state index < -0.39 is 10.9 Å². The van der Waals surface area contributed by atoms with Crippen LogP contribution in [0, 0.1) is 10.1 Å². The summed E-state index contributed by atoms with van der Waals surface area (Å²) in [5.74, 6) is 0.665. The van der Waals surface area contributed by atoms with Crippen LogP contribution in [0.4, 0.5) is 5.69 Å². The number of nitrogens with zero attached hydrogens (tertiary/aromatic N) is 2. The van der Waals surface area contributed by atoms with Crippen LogP contribution in [-0.4, -0.2) is 23.9 Å². The maximum atomic E-state index is 12.5. The van der Waals surface area contributed by atoms with Gasteiger partial charge in [0.25, 0.3) is 5.69 Å². The molecule has 0 saturated carbocycles. The Morgan fingerprint density at radius 3 is 2.24 bits per heavy atom. The molecular weight excluding hydrogens is 484 g/mol. The molecule has 0 bridgehead atoms. The quantitative estimate of drug-likeness (QED) is 0.122. The summed E-state index contributed by atoms with van der Waals surface area (Å²) in [7, 11) is 1.52. The van der Waals surface area contributed by atoms with E-state index in [-0.39, 0.29) is 23.9 Å². The minimum absolute atomic E-state index is 0.0178. The smallest absolute Gasteiger partial charge is 0.363 e. The number of benzene rings is 4. The molecule has 0 aliphatic carbocycles. The molecule has 8 heteroatoms. The van der Waals surface area contributed by atoms with Crippen molar-refractivity contribution in [1.29, 1.82) is 0 Å². The van der Waals surface area contributed by atoms with E-state index >= 15 is 0 Å². The summed E-state index contributed by atoms with van der Waals surface area (Å²) in [6.45, 7) is 0.206. The van der Waals surface area contributed by atoms with Crippen LogP contribution in [0.25, 0.3) is 17.2 Å². The Labute approximate surface area is 218 Å². The van der Waals surface area contributed by atoms with E-state index in [0.29, 0.717) is 22.6 Å². The molecule has 0 atom stereocenters. The highest BCUT2D eigenvalue weighted by atomic mass is 16.6. The third-order valence-electron chi connectivity index (χ3n) is 5.89. The molecule has 0 N–H and O–H groups in total. The van der Waals surface area contributed by atoms with Gasteiger partial charge in [-0.1, -0.05) is 48.5 Å². The summed E-state index contributed by atoms with van der Waals surface area (Å²) in [5, 5.41) is 10.8. The first-order valence-electron chi connectivity index (χ1n) is 11.7. The van der Waals surface area contributed by atoms with E-state index in [1.165, 1.54) is 19.2 Å². The first-order chi connectivity index (χ1) is 18.5. The molecule has 4 aromatic carbocycles. The van der Waals surface area contributed by atoms with Crippen molar-refractivity contribution in [3.8, 4) is 22.6 Å². The van der Waals surface area contributed by atoms with Gasteiger partial charge in [0, 0.05) is 17.7 Å². The number of nitro groups is 1. The van der Waals surface area contributed by atoms with Gasteiger partial charge in [-0.25, -0.2) is 9.79 Å². The van der Waals surface area contributed by atoms with Gasteiger partial charge in [0.15, 0.2) is 17.2 Å². The van der Waals surface area contributed by atoms with Crippen LogP contribution < -0.4 is 9.47 Å². The maximum absolute atomic E-state index is 12.5. The molecule has 1 aliphatic rings. The largest absolute Gasteiger partial charge is 0.493 e. The molecule has 0 radical (unpaired) electrons. The van der Waals surface area contributed by atoms with Crippen LogP contribution in [0.3, 0.4) is 0 Å². The number of hydrogen-bond acceptors (Lipinski definition) is 7. The van der Waals surface area contributed by atoms with Gasteiger partial charge in [-0.15, -0.1) is 0 Å². The normalized spacial score (nSPS) is 13.7. The predicted octanol–water partition coefficient (Wildman–Crippen LogP) is 6.19. The molecule has 0 aromatic heterocycles. The molecule has 0 saturated heterocycles. The van der Waals surface area contributed by atoms with E-state index in [1.54, 1.807) is 36.4 Å². The zero-order valence-corrected chi connectivity index (χ0v) is 20.4. The van der Waals surface area contributed by atoms with Crippen LogP contribution in [0.15, 0.2) is 108 Å². The van der Waals surface area contributed by atoms with Crippen LogP contribution in [0.1, 0.15) is 16.7 Å². The predicted molar refractivity (Wildman–Crippen MR) is 143 cm³/mol. The third-order valence-corrected chi connectivity index (χ3v) is 5.89. The van der Waals surface area contributed by atoms with Crippen LogP contribution in [0.5, 0.6) is 11.5 Å². The Hall–Kier alpha value is -5.24. The number of hydrogen-bond donors (Lipinski definition) is 0. The molecule has 0 spiro atoms. The lowest BCUT2D eigenvalue weighted by atomic mass is 10.0. The molecule has 0 fully saturated rings. The van der Waals surface area contributed by atoms with Crippen molar-refractivity contribution in [3.05, 3.63) is 130 Å². The van der Waals surface area contributed by atoms with Gasteiger partial charge in [0.05, 0.1) is 12.0 Å². The standard InChI is InChI=1S/C30H22N2O6/c1-36-28-18-21(9-16-27(28)37-19-20-7-14-25(15-8-20)32(34)35)17-26-30(33)38-29(31-26)24-12-10-23(11-13-24)22-5-3-2-4-6-22/h2-18H,19H2,1H3/b26-17-. The lowest BCUT2D eigenvalue weighted by Gasteiger charge is -2.11. The highest BCUT2D eigenvalue weighted by molar-refractivity contribution is 6.13. The average molecular weight is 507 g/mol. The number of methoxy groups -OCH3 is 1. The van der Waals surface area contributed by atoms with Crippen molar-refractivity contribution in [2.45, 2.75) is 6.61 Å². The Kier molecular flexibility index (Phi) is 6.95. The van der Waals surface area contributed by atoms with Gasteiger partial charge < -0.3 is 14.2 Å². The molecule has 0 unspecified atom stereocenters. The number of carbonyl (C=O) groups excluding carboxylic acids is 1. The number of ether oxygens (including phenoxy) is 3. The number of carbonyl (C=O) groups is 1. The van der Waals surface area contributed by atoms with Gasteiger partial charge in [-0.2, -0.15) is 0 Å². The Morgan fingerprint density at radius 1 is 0.868 bits per heavy atom. The number of aliphatic imine (C=N–C) groups is 1. The number of non-ortho nitro benzene ring substituents is 1. The lowest BCUT2D eigenvalue weighted by Crippen LogP contribution is -2.05. The number of nitro benzene ring substituents is 1. The van der Waals surface area contributed by atoms with Crippen molar-refractivity contribution < 1.29 is 23.9 Å². The molecule has 1 aliphatic heterocycles. The van der Waals surface area contributed by atoms with Crippen molar-refractivity contribution in [2.24, 2.45) is 4.99 Å². The molecule has 1 heterocycles. The van der Waals surface area contributed by atoms with Crippen molar-refractivity contribution >= 4 is 23.6 Å². The summed E-state index contributed by atoms with van der Waals surface area (Å²) in [4.78, 5) is 27.3. The average Bonchev–Trinajstić information content (AvgIpc) is 3.32. The van der Waals surface area contributed by atoms with Crippen molar-refractivity contribution in [2.75, 3.05) is 7.11 Å². The van der Waals surface area contributed by atoms with Crippen molar-refractivity contribution in [3.63, 3.8) is 0 Å². The van der Waals surface area contributed by atoms with E-state index in [4.69, 9.17) is 14.2 Å². The third kappa shape index (κ3) is 5.44. The summed E-state index contributed by atoms with van der Waals surface area (Å²) in [6, 6.07) is 29.0. The molecule has 8 nitrogen and oxygen atoms in total. The minimum atomic E-state index is -0.537. The SMILES string of the molecule is COc1cc(/C=C2\N=C(c3ccc(-c4ccccc4)cc3)OC2=O)ccc1OCc1ccc([N+](=O)[O-])cc1. The summed E-state index contributed by atoms with van der Waals surface area (Å²) in [5.41, 5.74) is 4.50. The first kappa shape index (κ1) is 24.5. The zero-order chi connectivity index (χ0) is 26.5. The highest BCUT2D eigenvalue weighted by Crippen LogP contribution is 2.31. The van der Waals surface area contributed by atoms with Gasteiger partial charge in [0.1, 0.15) is 6.61 Å². The number of rotatable bonds is 8. The van der Waals surface area contributed by atoms with Crippen LogP contribution >= 0.6 is 0 Å². The van der Waals surface area contributed by atoms with Gasteiger partial charge >= 0.3 is 5.97 Å². The zero-order valence-electron chi connectivity index (χ0n) is 20.4. The summed E-state index contributed by atoms with van der Waals surface area (Å²) < 4.78 is 16.7. The summed E-state index contributed by atoms with van der Waals surface area (Å²) in [6.07, 6.45) is 1.62. The number of esters is 1. The summed E-state index contributed by atoms with van der Waals surface area (Å²) >= 11 is 0. The molecule has 5 rings (SSSR count). The van der Waals surface area contributed by atoms with E-state index in [9.17, 15) is 14.9 Å². The minimum Gasteiger partial charge on any atom is -0.493 e. The molecular formula is C30H22N2O6. The van der Waals surface area contributed by atoms with E-state index in [2.05, 4.69) is 4.99 Å². The Balaban J connectivity index is 1.30. The topological polar surface area (TPSA) is 100 Å². The van der Waals surface area contributed by atoms with Gasteiger partial charge in [-0.05, 0) is 64.7 Å². The Morgan fingerprint density at radius 2 is 1.55 bits per heavy atom. The van der Waals surface area contributed by atoms with Gasteiger partial charge in [0.2, 0.25) is 5.90 Å². The van der Waals surface area contributed by atoms with E-state index in [1.807, 2.05) is 54.6 Å². The number of cyclic esters (lactones) is 1. The van der Waals surface area contributed by atoms with Gasteiger partial charge in [-0.3, -0.25) is 10.1 Å². The van der Waals surface area contributed by atoms with Crippen LogP contribution in [-0.2, 0) is 16.1 Å². The molecule has 38 heavy (non-hydrogen) atoms. The van der Waals surface area contributed by atoms with Crippen molar-refractivity contribution in [1.82, 2.24) is 0 Å². The van der Waals surface area contributed by atoms with Crippen LogP contribution in [0.2, 0.25) is 0 Å². The fraction of sp³-hybridized carbons (Fsp3) is 0.0667. The second kappa shape index (κ2) is 10.8. The lowest BCUT2D eigenvalue weighted by molar-refractivity contribution is -0.384. The fourth-order valence-corrected chi connectivity index (χ4v) is 3.89. The second-order valence-electron chi connectivity index (χ2n) is 8.40. The molecule has 188 valence electrons.